The molecular weight excluding hydrogens is 166 g/mol. The molecule has 0 spiro atoms. The predicted octanol–water partition coefficient (Wildman–Crippen LogP) is 2.39. The molecule has 1 atom stereocenters. The molecule has 0 saturated heterocycles. The second-order valence-corrected chi connectivity index (χ2v) is 3.82. The number of amides is 1. The fourth-order valence-electron chi connectivity index (χ4n) is 2.18. The van der Waals surface area contributed by atoms with E-state index in [1.807, 2.05) is 13.0 Å². The van der Waals surface area contributed by atoms with E-state index < -0.39 is 6.09 Å². The summed E-state index contributed by atoms with van der Waals surface area (Å²) < 4.78 is 0. The van der Waals surface area contributed by atoms with Crippen molar-refractivity contribution in [1.29, 1.82) is 0 Å². The zero-order chi connectivity index (χ0) is 9.90. The van der Waals surface area contributed by atoms with E-state index in [4.69, 9.17) is 5.11 Å². The summed E-state index contributed by atoms with van der Waals surface area (Å²) >= 11 is 0. The van der Waals surface area contributed by atoms with Gasteiger partial charge in [0.05, 0.1) is 0 Å². The first-order chi connectivity index (χ1) is 6.10. The summed E-state index contributed by atoms with van der Waals surface area (Å²) in [4.78, 5) is 10.5. The average Bonchev–Trinajstić information content (AvgIpc) is 2.51. The maximum atomic E-state index is 10.5. The molecule has 0 heterocycles. The van der Waals surface area contributed by atoms with Gasteiger partial charge in [-0.25, -0.2) is 4.79 Å². The molecule has 0 aliphatic heterocycles. The van der Waals surface area contributed by atoms with Gasteiger partial charge in [-0.15, -0.1) is 6.58 Å². The molecule has 1 aliphatic carbocycles. The molecule has 0 radical (unpaired) electrons. The zero-order valence-corrected chi connectivity index (χ0v) is 8.05. The Labute approximate surface area is 78.8 Å². The van der Waals surface area contributed by atoms with Crippen LogP contribution in [-0.4, -0.2) is 17.2 Å². The van der Waals surface area contributed by atoms with Crippen LogP contribution in [0.4, 0.5) is 4.79 Å². The Balaban J connectivity index is 2.64. The second kappa shape index (κ2) is 3.81. The summed E-state index contributed by atoms with van der Waals surface area (Å²) in [5.74, 6) is 0. The largest absolute Gasteiger partial charge is 0.465 e. The number of hydrogen-bond acceptors (Lipinski definition) is 1. The molecule has 0 aromatic rings. The van der Waals surface area contributed by atoms with Crippen molar-refractivity contribution in [2.45, 2.75) is 38.6 Å². The third-order valence-corrected chi connectivity index (χ3v) is 3.14. The van der Waals surface area contributed by atoms with Gasteiger partial charge in [-0.05, 0) is 19.8 Å². The Morgan fingerprint density at radius 1 is 1.62 bits per heavy atom. The van der Waals surface area contributed by atoms with Crippen molar-refractivity contribution in [3.8, 4) is 0 Å². The first-order valence-corrected chi connectivity index (χ1v) is 4.74. The van der Waals surface area contributed by atoms with Crippen LogP contribution in [0.15, 0.2) is 12.7 Å². The van der Waals surface area contributed by atoms with Gasteiger partial charge in [0, 0.05) is 11.5 Å². The van der Waals surface area contributed by atoms with Gasteiger partial charge in [0.25, 0.3) is 0 Å². The highest BCUT2D eigenvalue weighted by Crippen LogP contribution is 2.41. The molecule has 13 heavy (non-hydrogen) atoms. The molecule has 1 saturated carbocycles. The Kier molecular flexibility index (Phi) is 2.96. The van der Waals surface area contributed by atoms with Gasteiger partial charge in [0.1, 0.15) is 0 Å². The molecule has 2 N–H and O–H groups in total. The van der Waals surface area contributed by atoms with E-state index in [2.05, 4.69) is 11.9 Å². The second-order valence-electron chi connectivity index (χ2n) is 3.82. The first kappa shape index (κ1) is 10.1. The Bertz CT molecular complexity index is 207. The molecule has 0 aromatic heterocycles. The Morgan fingerprint density at radius 2 is 2.15 bits per heavy atom. The normalized spacial score (nSPS) is 22.2. The van der Waals surface area contributed by atoms with Gasteiger partial charge in [-0.2, -0.15) is 0 Å². The van der Waals surface area contributed by atoms with Crippen molar-refractivity contribution in [3.05, 3.63) is 12.7 Å². The SMILES string of the molecule is C=CC1(C(C)NC(=O)O)CCCC1. The minimum Gasteiger partial charge on any atom is -0.465 e. The summed E-state index contributed by atoms with van der Waals surface area (Å²) in [6.07, 6.45) is 5.44. The molecule has 0 bridgehead atoms. The van der Waals surface area contributed by atoms with Gasteiger partial charge in [0.2, 0.25) is 0 Å². The lowest BCUT2D eigenvalue weighted by atomic mass is 9.79. The third-order valence-electron chi connectivity index (χ3n) is 3.14. The molecule has 1 rings (SSSR count). The molecule has 1 unspecified atom stereocenters. The number of carboxylic acid groups (broad SMARTS) is 1. The van der Waals surface area contributed by atoms with E-state index in [9.17, 15) is 4.79 Å². The molecule has 74 valence electrons. The Hall–Kier alpha value is -0.990. The topological polar surface area (TPSA) is 49.3 Å². The van der Waals surface area contributed by atoms with Crippen LogP contribution in [0.5, 0.6) is 0 Å². The van der Waals surface area contributed by atoms with E-state index in [0.29, 0.717) is 0 Å². The van der Waals surface area contributed by atoms with Crippen molar-refractivity contribution >= 4 is 6.09 Å². The van der Waals surface area contributed by atoms with Crippen LogP contribution >= 0.6 is 0 Å². The lowest BCUT2D eigenvalue weighted by molar-refractivity contribution is 0.177. The third kappa shape index (κ3) is 2.02. The number of hydrogen-bond donors (Lipinski definition) is 2. The fourth-order valence-corrected chi connectivity index (χ4v) is 2.18. The zero-order valence-electron chi connectivity index (χ0n) is 8.05. The summed E-state index contributed by atoms with van der Waals surface area (Å²) in [5, 5.41) is 11.1. The van der Waals surface area contributed by atoms with E-state index in [1.54, 1.807) is 0 Å². The standard InChI is InChI=1S/C10H17NO2/c1-3-10(6-4-5-7-10)8(2)11-9(12)13/h3,8,11H,1,4-7H2,2H3,(H,12,13). The van der Waals surface area contributed by atoms with Crippen LogP contribution in [0, 0.1) is 5.41 Å². The predicted molar refractivity (Wildman–Crippen MR) is 51.7 cm³/mol. The highest BCUT2D eigenvalue weighted by atomic mass is 16.4. The van der Waals surface area contributed by atoms with Crippen molar-refractivity contribution in [1.82, 2.24) is 5.32 Å². The smallest absolute Gasteiger partial charge is 0.404 e. The van der Waals surface area contributed by atoms with Gasteiger partial charge >= 0.3 is 6.09 Å². The van der Waals surface area contributed by atoms with Gasteiger partial charge in [-0.1, -0.05) is 18.9 Å². The minimum absolute atomic E-state index is 0.00160. The van der Waals surface area contributed by atoms with Crippen LogP contribution in [0.25, 0.3) is 0 Å². The molecule has 1 fully saturated rings. The number of nitrogens with one attached hydrogen (secondary N) is 1. The lowest BCUT2D eigenvalue weighted by Crippen LogP contribution is -2.42. The maximum absolute atomic E-state index is 10.5. The van der Waals surface area contributed by atoms with Crippen LogP contribution < -0.4 is 5.32 Å². The average molecular weight is 183 g/mol. The van der Waals surface area contributed by atoms with Crippen LogP contribution in [0.1, 0.15) is 32.6 Å². The molecular formula is C10H17NO2. The summed E-state index contributed by atoms with van der Waals surface area (Å²) in [5.41, 5.74) is -0.00160. The van der Waals surface area contributed by atoms with Crippen molar-refractivity contribution < 1.29 is 9.90 Å². The lowest BCUT2D eigenvalue weighted by Gasteiger charge is -2.31. The molecule has 0 aromatic carbocycles. The van der Waals surface area contributed by atoms with E-state index in [0.717, 1.165) is 12.8 Å². The highest BCUT2D eigenvalue weighted by molar-refractivity contribution is 5.65. The fraction of sp³-hybridized carbons (Fsp3) is 0.700. The molecule has 1 amide bonds. The van der Waals surface area contributed by atoms with Crippen molar-refractivity contribution in [2.24, 2.45) is 5.41 Å². The molecule has 3 nitrogen and oxygen atoms in total. The Morgan fingerprint density at radius 3 is 2.54 bits per heavy atom. The van der Waals surface area contributed by atoms with E-state index in [1.165, 1.54) is 12.8 Å². The summed E-state index contributed by atoms with van der Waals surface area (Å²) in [7, 11) is 0. The maximum Gasteiger partial charge on any atom is 0.404 e. The van der Waals surface area contributed by atoms with Crippen LogP contribution in [-0.2, 0) is 0 Å². The van der Waals surface area contributed by atoms with Gasteiger partial charge < -0.3 is 10.4 Å². The van der Waals surface area contributed by atoms with Gasteiger partial charge in [-0.3, -0.25) is 0 Å². The van der Waals surface area contributed by atoms with Gasteiger partial charge in [0.15, 0.2) is 0 Å². The van der Waals surface area contributed by atoms with E-state index >= 15 is 0 Å². The summed E-state index contributed by atoms with van der Waals surface area (Å²) in [6.45, 7) is 5.73. The van der Waals surface area contributed by atoms with Crippen molar-refractivity contribution in [2.75, 3.05) is 0 Å². The number of carbonyl (C=O) groups is 1. The van der Waals surface area contributed by atoms with Crippen LogP contribution in [0.3, 0.4) is 0 Å². The van der Waals surface area contributed by atoms with E-state index in [-0.39, 0.29) is 11.5 Å². The molecule has 1 aliphatic rings. The highest BCUT2D eigenvalue weighted by Gasteiger charge is 2.36. The number of rotatable bonds is 3. The van der Waals surface area contributed by atoms with Crippen LogP contribution in [0.2, 0.25) is 0 Å². The monoisotopic (exact) mass is 183 g/mol. The quantitative estimate of drug-likeness (QED) is 0.660. The summed E-state index contributed by atoms with van der Waals surface area (Å²) in [6, 6.07) is -0.0231. The first-order valence-electron chi connectivity index (χ1n) is 4.74. The minimum atomic E-state index is -0.944. The van der Waals surface area contributed by atoms with Crippen molar-refractivity contribution in [3.63, 3.8) is 0 Å². The molecule has 3 heteroatoms.